The Morgan fingerprint density at radius 2 is 1.44 bits per heavy atom. The molecule has 5 heteroatoms. The molecule has 6 rings (SSSR count). The maximum Gasteiger partial charge on any atom is 0.150 e. The van der Waals surface area contributed by atoms with Gasteiger partial charge in [0.25, 0.3) is 0 Å². The van der Waals surface area contributed by atoms with Gasteiger partial charge in [0.2, 0.25) is 0 Å². The molecule has 0 saturated heterocycles. The molecule has 4 aromatic carbocycles. The number of carbonyl (C=O) groups is 1. The van der Waals surface area contributed by atoms with Crippen molar-refractivity contribution in [3.63, 3.8) is 0 Å². The summed E-state index contributed by atoms with van der Waals surface area (Å²) in [4.78, 5) is 11.1. The SMILES string of the molecule is CCCCCCn1c2ccccc2c2cc(-c3ccc(-c4ccc(C=O)cc4)c4nsnc34)ccc21. The molecular formula is C31H27N3OS. The van der Waals surface area contributed by atoms with E-state index in [1.54, 1.807) is 0 Å². The van der Waals surface area contributed by atoms with E-state index in [4.69, 9.17) is 0 Å². The highest BCUT2D eigenvalue weighted by molar-refractivity contribution is 7.00. The van der Waals surface area contributed by atoms with Crippen LogP contribution in [-0.4, -0.2) is 19.6 Å². The minimum atomic E-state index is 0.667. The van der Waals surface area contributed by atoms with Crippen molar-refractivity contribution in [2.24, 2.45) is 0 Å². The minimum absolute atomic E-state index is 0.667. The maximum absolute atomic E-state index is 11.1. The van der Waals surface area contributed by atoms with Gasteiger partial charge < -0.3 is 4.57 Å². The van der Waals surface area contributed by atoms with Crippen LogP contribution in [0.5, 0.6) is 0 Å². The molecular weight excluding hydrogens is 462 g/mol. The van der Waals surface area contributed by atoms with Gasteiger partial charge in [-0.25, -0.2) is 0 Å². The Balaban J connectivity index is 1.45. The zero-order valence-electron chi connectivity index (χ0n) is 20.3. The smallest absolute Gasteiger partial charge is 0.150 e. The highest BCUT2D eigenvalue weighted by Crippen LogP contribution is 2.37. The fourth-order valence-electron chi connectivity index (χ4n) is 5.23. The number of aromatic nitrogens is 3. The van der Waals surface area contributed by atoms with Crippen LogP contribution < -0.4 is 0 Å². The monoisotopic (exact) mass is 489 g/mol. The fourth-order valence-corrected chi connectivity index (χ4v) is 5.81. The summed E-state index contributed by atoms with van der Waals surface area (Å²) in [7, 11) is 0. The molecule has 2 heterocycles. The van der Waals surface area contributed by atoms with E-state index in [1.807, 2.05) is 24.3 Å². The Kier molecular flexibility index (Phi) is 6.08. The average Bonchev–Trinajstić information content (AvgIpc) is 3.54. The van der Waals surface area contributed by atoms with E-state index in [-0.39, 0.29) is 0 Å². The summed E-state index contributed by atoms with van der Waals surface area (Å²) < 4.78 is 11.8. The van der Waals surface area contributed by atoms with Gasteiger partial charge in [-0.2, -0.15) is 8.75 Å². The largest absolute Gasteiger partial charge is 0.340 e. The van der Waals surface area contributed by atoms with Crippen LogP contribution in [0.2, 0.25) is 0 Å². The second-order valence-electron chi connectivity index (χ2n) is 9.32. The van der Waals surface area contributed by atoms with Crippen molar-refractivity contribution >= 4 is 50.9 Å². The van der Waals surface area contributed by atoms with E-state index in [2.05, 4.69) is 74.8 Å². The van der Waals surface area contributed by atoms with Crippen LogP contribution >= 0.6 is 11.7 Å². The molecule has 6 aromatic rings. The maximum atomic E-state index is 11.1. The van der Waals surface area contributed by atoms with E-state index in [1.165, 1.54) is 59.2 Å². The van der Waals surface area contributed by atoms with Crippen molar-refractivity contribution in [2.75, 3.05) is 0 Å². The lowest BCUT2D eigenvalue weighted by atomic mass is 9.96. The fraction of sp³-hybridized carbons (Fsp3) is 0.194. The van der Waals surface area contributed by atoms with E-state index < -0.39 is 0 Å². The molecule has 0 atom stereocenters. The van der Waals surface area contributed by atoms with Crippen LogP contribution in [0.4, 0.5) is 0 Å². The lowest BCUT2D eigenvalue weighted by Gasteiger charge is -2.09. The van der Waals surface area contributed by atoms with Gasteiger partial charge in [0.1, 0.15) is 17.3 Å². The number of carbonyl (C=O) groups excluding carboxylic acids is 1. The molecule has 0 bridgehead atoms. The Morgan fingerprint density at radius 3 is 2.19 bits per heavy atom. The molecule has 2 aromatic heterocycles. The first-order valence-corrected chi connectivity index (χ1v) is 13.3. The molecule has 4 nitrogen and oxygen atoms in total. The van der Waals surface area contributed by atoms with Crippen molar-refractivity contribution in [3.05, 3.63) is 84.4 Å². The summed E-state index contributed by atoms with van der Waals surface area (Å²) in [5.41, 5.74) is 9.38. The molecule has 36 heavy (non-hydrogen) atoms. The molecule has 0 amide bonds. The quantitative estimate of drug-likeness (QED) is 0.159. The molecule has 0 aliphatic heterocycles. The minimum Gasteiger partial charge on any atom is -0.340 e. The predicted molar refractivity (Wildman–Crippen MR) is 151 cm³/mol. The molecule has 178 valence electrons. The summed E-state index contributed by atoms with van der Waals surface area (Å²) in [5, 5.41) is 2.58. The van der Waals surface area contributed by atoms with Crippen LogP contribution in [0.15, 0.2) is 78.9 Å². The Morgan fingerprint density at radius 1 is 0.750 bits per heavy atom. The van der Waals surface area contributed by atoms with Crippen LogP contribution in [0, 0.1) is 0 Å². The third kappa shape index (κ3) is 3.90. The van der Waals surface area contributed by atoms with Gasteiger partial charge in [-0.3, -0.25) is 4.79 Å². The molecule has 0 radical (unpaired) electrons. The van der Waals surface area contributed by atoms with Crippen LogP contribution in [-0.2, 0) is 6.54 Å². The zero-order chi connectivity index (χ0) is 24.5. The first-order chi connectivity index (χ1) is 17.8. The summed E-state index contributed by atoms with van der Waals surface area (Å²) in [6.07, 6.45) is 5.87. The number of nitrogens with zero attached hydrogens (tertiary/aromatic N) is 3. The Labute approximate surface area is 214 Å². The molecule has 0 aliphatic carbocycles. The predicted octanol–water partition coefficient (Wildman–Crippen LogP) is 8.53. The number of hydrogen-bond acceptors (Lipinski definition) is 4. The molecule has 0 unspecified atom stereocenters. The third-order valence-electron chi connectivity index (χ3n) is 7.09. The van der Waals surface area contributed by atoms with Crippen LogP contribution in [0.1, 0.15) is 43.0 Å². The van der Waals surface area contributed by atoms with Crippen molar-refractivity contribution < 1.29 is 4.79 Å². The number of rotatable bonds is 8. The number of hydrogen-bond donors (Lipinski definition) is 0. The van der Waals surface area contributed by atoms with Gasteiger partial charge in [-0.15, -0.1) is 0 Å². The van der Waals surface area contributed by atoms with Crippen LogP contribution in [0.25, 0.3) is 55.1 Å². The number of aldehydes is 1. The lowest BCUT2D eigenvalue weighted by Crippen LogP contribution is -1.97. The van der Waals surface area contributed by atoms with Crippen molar-refractivity contribution in [1.82, 2.24) is 13.3 Å². The van der Waals surface area contributed by atoms with Gasteiger partial charge in [-0.1, -0.05) is 86.8 Å². The van der Waals surface area contributed by atoms with E-state index in [0.717, 1.165) is 46.1 Å². The zero-order valence-corrected chi connectivity index (χ0v) is 21.1. The van der Waals surface area contributed by atoms with Crippen molar-refractivity contribution in [3.8, 4) is 22.3 Å². The van der Waals surface area contributed by atoms with Crippen LogP contribution in [0.3, 0.4) is 0 Å². The lowest BCUT2D eigenvalue weighted by molar-refractivity contribution is 0.112. The molecule has 0 aliphatic rings. The van der Waals surface area contributed by atoms with Crippen molar-refractivity contribution in [1.29, 1.82) is 0 Å². The summed E-state index contributed by atoms with van der Waals surface area (Å²) in [5.74, 6) is 0. The molecule has 0 spiro atoms. The number of para-hydroxylation sites is 1. The topological polar surface area (TPSA) is 47.8 Å². The van der Waals surface area contributed by atoms with Gasteiger partial charge in [0.05, 0.1) is 11.7 Å². The second-order valence-corrected chi connectivity index (χ2v) is 9.85. The van der Waals surface area contributed by atoms with E-state index in [0.29, 0.717) is 5.56 Å². The average molecular weight is 490 g/mol. The number of aryl methyl sites for hydroxylation is 1. The van der Waals surface area contributed by atoms with Crippen molar-refractivity contribution in [2.45, 2.75) is 39.2 Å². The Bertz CT molecular complexity index is 1690. The summed E-state index contributed by atoms with van der Waals surface area (Å²) in [6, 6.07) is 27.4. The normalized spacial score (nSPS) is 11.6. The summed E-state index contributed by atoms with van der Waals surface area (Å²) in [6.45, 7) is 3.30. The van der Waals surface area contributed by atoms with E-state index >= 15 is 0 Å². The standard InChI is InChI=1S/C31H27N3OS/c1-2-3-4-7-18-34-28-9-6-5-8-26(28)27-19-23(14-17-29(27)34)25-16-15-24(30-31(25)33-36-32-30)22-12-10-21(20-35)11-13-22/h5-6,8-17,19-20H,2-4,7,18H2,1H3. The van der Waals surface area contributed by atoms with Gasteiger partial charge in [0.15, 0.2) is 0 Å². The Hall–Kier alpha value is -3.83. The molecule has 0 saturated carbocycles. The van der Waals surface area contributed by atoms with E-state index in [9.17, 15) is 4.79 Å². The highest BCUT2D eigenvalue weighted by atomic mass is 32.1. The summed E-state index contributed by atoms with van der Waals surface area (Å²) >= 11 is 1.24. The number of unbranched alkanes of at least 4 members (excludes halogenated alkanes) is 3. The molecule has 0 N–H and O–H groups in total. The van der Waals surface area contributed by atoms with Gasteiger partial charge >= 0.3 is 0 Å². The third-order valence-corrected chi connectivity index (χ3v) is 7.62. The number of fused-ring (bicyclic) bond motifs is 4. The first kappa shape index (κ1) is 22.6. The molecule has 0 fully saturated rings. The van der Waals surface area contributed by atoms with Gasteiger partial charge in [0, 0.05) is 45.0 Å². The number of benzene rings is 4. The van der Waals surface area contributed by atoms with Gasteiger partial charge in [-0.05, 0) is 35.7 Å². The second kappa shape index (κ2) is 9.67. The highest BCUT2D eigenvalue weighted by Gasteiger charge is 2.16. The first-order valence-electron chi connectivity index (χ1n) is 12.6.